The fourth-order valence-electron chi connectivity index (χ4n) is 1.65. The van der Waals surface area contributed by atoms with Crippen LogP contribution < -0.4 is 4.74 Å². The van der Waals surface area contributed by atoms with E-state index in [0.717, 1.165) is 24.0 Å². The van der Waals surface area contributed by atoms with E-state index in [2.05, 4.69) is 6.08 Å². The summed E-state index contributed by atoms with van der Waals surface area (Å²) in [4.78, 5) is 0. The maximum atomic E-state index is 9.61. The van der Waals surface area contributed by atoms with Crippen molar-refractivity contribution < 1.29 is 9.84 Å². The Morgan fingerprint density at radius 1 is 1.39 bits per heavy atom. The van der Waals surface area contributed by atoms with E-state index in [9.17, 15) is 5.11 Å². The van der Waals surface area contributed by atoms with Gasteiger partial charge in [-0.15, -0.1) is 0 Å². The molecule has 0 heterocycles. The molecular weight excluding hydrogens is 248 g/mol. The third kappa shape index (κ3) is 4.71. The molecule has 1 aromatic carbocycles. The molecule has 1 aromatic rings. The molecule has 0 atom stereocenters. The van der Waals surface area contributed by atoms with E-state index in [-0.39, 0.29) is 0 Å². The van der Waals surface area contributed by atoms with E-state index in [0.29, 0.717) is 10.8 Å². The molecule has 0 aliphatic heterocycles. The van der Waals surface area contributed by atoms with E-state index >= 15 is 0 Å². The third-order valence-corrected chi connectivity index (χ3v) is 3.06. The van der Waals surface area contributed by atoms with Crippen LogP contribution in [0.5, 0.6) is 5.75 Å². The van der Waals surface area contributed by atoms with Gasteiger partial charge in [-0.3, -0.25) is 0 Å². The maximum absolute atomic E-state index is 9.61. The minimum Gasteiger partial charge on any atom is -0.495 e. The van der Waals surface area contributed by atoms with Crippen LogP contribution in [0, 0.1) is 6.92 Å². The molecule has 0 unspecified atom stereocenters. The normalized spacial score (nSPS) is 12.1. The van der Waals surface area contributed by atoms with Gasteiger partial charge in [-0.1, -0.05) is 23.8 Å². The fraction of sp³-hybridized carbons (Fsp3) is 0.467. The van der Waals surface area contributed by atoms with Crippen LogP contribution in [0.2, 0.25) is 5.02 Å². The molecule has 0 aliphatic carbocycles. The minimum absolute atomic E-state index is 0.614. The van der Waals surface area contributed by atoms with Crippen LogP contribution in [0.4, 0.5) is 0 Å². The Kier molecular flexibility index (Phi) is 5.24. The Labute approximate surface area is 114 Å². The number of ether oxygens (including phenoxy) is 1. The molecular formula is C15H21ClO2. The summed E-state index contributed by atoms with van der Waals surface area (Å²) in [5.74, 6) is 0.697. The lowest BCUT2D eigenvalue weighted by Crippen LogP contribution is -2.17. The molecule has 1 rings (SSSR count). The van der Waals surface area contributed by atoms with Crippen molar-refractivity contribution >= 4 is 17.7 Å². The Hall–Kier alpha value is -0.990. The second-order valence-corrected chi connectivity index (χ2v) is 5.50. The Morgan fingerprint density at radius 2 is 2.06 bits per heavy atom. The van der Waals surface area contributed by atoms with Gasteiger partial charge in [0.2, 0.25) is 0 Å². The highest BCUT2D eigenvalue weighted by Crippen LogP contribution is 2.28. The monoisotopic (exact) mass is 268 g/mol. The first-order chi connectivity index (χ1) is 8.33. The van der Waals surface area contributed by atoms with Gasteiger partial charge in [-0.25, -0.2) is 0 Å². The molecule has 0 bridgehead atoms. The number of aliphatic hydroxyl groups is 1. The zero-order chi connectivity index (χ0) is 13.8. The first-order valence-corrected chi connectivity index (χ1v) is 6.44. The lowest BCUT2D eigenvalue weighted by atomic mass is 10.0. The van der Waals surface area contributed by atoms with Crippen LogP contribution in [0.3, 0.4) is 0 Å². The zero-order valence-electron chi connectivity index (χ0n) is 11.5. The van der Waals surface area contributed by atoms with Crippen molar-refractivity contribution in [1.29, 1.82) is 0 Å². The van der Waals surface area contributed by atoms with Crippen LogP contribution in [0.25, 0.3) is 6.08 Å². The average molecular weight is 269 g/mol. The van der Waals surface area contributed by atoms with Crippen molar-refractivity contribution in [3.05, 3.63) is 34.4 Å². The van der Waals surface area contributed by atoms with Crippen LogP contribution in [0.15, 0.2) is 18.2 Å². The number of rotatable bonds is 5. The number of methoxy groups -OCH3 is 1. The lowest BCUT2D eigenvalue weighted by molar-refractivity contribution is 0.0722. The number of aryl methyl sites for hydroxylation is 1. The Bertz CT molecular complexity index is 431. The van der Waals surface area contributed by atoms with Crippen LogP contribution in [0.1, 0.15) is 37.8 Å². The van der Waals surface area contributed by atoms with Crippen molar-refractivity contribution in [2.45, 2.75) is 39.2 Å². The highest BCUT2D eigenvalue weighted by molar-refractivity contribution is 6.32. The highest BCUT2D eigenvalue weighted by atomic mass is 35.5. The largest absolute Gasteiger partial charge is 0.495 e. The summed E-state index contributed by atoms with van der Waals surface area (Å²) in [5.41, 5.74) is 1.59. The van der Waals surface area contributed by atoms with E-state index in [1.165, 1.54) is 0 Å². The van der Waals surface area contributed by atoms with E-state index < -0.39 is 5.60 Å². The first kappa shape index (κ1) is 15.1. The summed E-state index contributed by atoms with van der Waals surface area (Å²) in [6.07, 6.45) is 5.68. The molecule has 0 aromatic heterocycles. The molecule has 3 heteroatoms. The number of halogens is 1. The standard InChI is InChI=1S/C15H21ClO2/c1-11-9-14(18-4)13(16)10-12(11)7-5-6-8-15(2,3)17/h5,7,9-10,17H,6,8H2,1-4H3/b7-5+. The average Bonchev–Trinajstić information content (AvgIpc) is 2.27. The predicted molar refractivity (Wildman–Crippen MR) is 77.3 cm³/mol. The van der Waals surface area contributed by atoms with Gasteiger partial charge in [-0.05, 0) is 56.9 Å². The smallest absolute Gasteiger partial charge is 0.137 e. The van der Waals surface area contributed by atoms with Gasteiger partial charge in [-0.2, -0.15) is 0 Å². The fourth-order valence-corrected chi connectivity index (χ4v) is 1.90. The molecule has 0 spiro atoms. The summed E-state index contributed by atoms with van der Waals surface area (Å²) in [6, 6.07) is 3.83. The summed E-state index contributed by atoms with van der Waals surface area (Å²) >= 11 is 6.09. The summed E-state index contributed by atoms with van der Waals surface area (Å²) < 4.78 is 5.16. The van der Waals surface area contributed by atoms with Crippen molar-refractivity contribution in [2.24, 2.45) is 0 Å². The lowest BCUT2D eigenvalue weighted by Gasteiger charge is -2.14. The maximum Gasteiger partial charge on any atom is 0.137 e. The van der Waals surface area contributed by atoms with E-state index in [4.69, 9.17) is 16.3 Å². The van der Waals surface area contributed by atoms with Crippen molar-refractivity contribution in [1.82, 2.24) is 0 Å². The van der Waals surface area contributed by atoms with Crippen molar-refractivity contribution in [2.75, 3.05) is 7.11 Å². The molecule has 0 fully saturated rings. The highest BCUT2D eigenvalue weighted by Gasteiger charge is 2.10. The second-order valence-electron chi connectivity index (χ2n) is 5.10. The number of hydrogen-bond donors (Lipinski definition) is 1. The molecule has 2 nitrogen and oxygen atoms in total. The third-order valence-electron chi connectivity index (χ3n) is 2.76. The molecule has 0 radical (unpaired) electrons. The number of allylic oxidation sites excluding steroid dienone is 1. The Balaban J connectivity index is 2.73. The molecule has 0 amide bonds. The molecule has 0 saturated heterocycles. The van der Waals surface area contributed by atoms with Crippen molar-refractivity contribution in [3.8, 4) is 5.75 Å². The topological polar surface area (TPSA) is 29.5 Å². The number of benzene rings is 1. The summed E-state index contributed by atoms with van der Waals surface area (Å²) in [6.45, 7) is 5.65. The minimum atomic E-state index is -0.614. The van der Waals surface area contributed by atoms with E-state index in [1.807, 2.05) is 39.0 Å². The van der Waals surface area contributed by atoms with E-state index in [1.54, 1.807) is 7.11 Å². The first-order valence-electron chi connectivity index (χ1n) is 6.06. The van der Waals surface area contributed by atoms with Gasteiger partial charge in [0.1, 0.15) is 5.75 Å². The Morgan fingerprint density at radius 3 is 2.61 bits per heavy atom. The summed E-state index contributed by atoms with van der Waals surface area (Å²) in [5, 5.41) is 10.2. The van der Waals surface area contributed by atoms with Gasteiger partial charge in [0, 0.05) is 0 Å². The van der Waals surface area contributed by atoms with Gasteiger partial charge in [0.05, 0.1) is 17.7 Å². The molecule has 100 valence electrons. The SMILES string of the molecule is COc1cc(C)c(/C=C/CCC(C)(C)O)cc1Cl. The second kappa shape index (κ2) is 6.26. The summed E-state index contributed by atoms with van der Waals surface area (Å²) in [7, 11) is 1.61. The van der Waals surface area contributed by atoms with Crippen LogP contribution in [-0.2, 0) is 0 Å². The van der Waals surface area contributed by atoms with Crippen LogP contribution >= 0.6 is 11.6 Å². The molecule has 18 heavy (non-hydrogen) atoms. The molecule has 0 aliphatic rings. The van der Waals surface area contributed by atoms with Gasteiger partial charge in [0.15, 0.2) is 0 Å². The van der Waals surface area contributed by atoms with Crippen molar-refractivity contribution in [3.63, 3.8) is 0 Å². The van der Waals surface area contributed by atoms with Gasteiger partial charge >= 0.3 is 0 Å². The van der Waals surface area contributed by atoms with Gasteiger partial charge < -0.3 is 9.84 Å². The van der Waals surface area contributed by atoms with Crippen LogP contribution in [-0.4, -0.2) is 17.8 Å². The van der Waals surface area contributed by atoms with Gasteiger partial charge in [0.25, 0.3) is 0 Å². The quantitative estimate of drug-likeness (QED) is 0.866. The molecule has 0 saturated carbocycles. The molecule has 1 N–H and O–H groups in total. The predicted octanol–water partition coefficient (Wildman–Crippen LogP) is 4.22. The number of hydrogen-bond acceptors (Lipinski definition) is 2. The zero-order valence-corrected chi connectivity index (χ0v) is 12.2.